The molecular weight excluding hydrogens is 290 g/mol. The minimum Gasteiger partial charge on any atom is -0.420 e. The van der Waals surface area contributed by atoms with Gasteiger partial charge in [0.05, 0.1) is 4.90 Å². The largest absolute Gasteiger partial charge is 0.420 e. The van der Waals surface area contributed by atoms with Crippen LogP contribution in [0.25, 0.3) is 11.1 Å². The van der Waals surface area contributed by atoms with Crippen molar-refractivity contribution in [1.29, 1.82) is 0 Å². The molecule has 106 valence electrons. The van der Waals surface area contributed by atoms with E-state index in [2.05, 4.69) is 4.98 Å². The summed E-state index contributed by atoms with van der Waals surface area (Å²) in [4.78, 5) is 16.1. The fraction of sp³-hybridized carbons (Fsp3) is 0.0667. The van der Waals surface area contributed by atoms with E-state index < -0.39 is 21.2 Å². The van der Waals surface area contributed by atoms with Crippen molar-refractivity contribution in [2.75, 3.05) is 0 Å². The van der Waals surface area contributed by atoms with Crippen LogP contribution < -0.4 is 5.63 Å². The third kappa shape index (κ3) is 2.71. The fourth-order valence-electron chi connectivity index (χ4n) is 1.97. The van der Waals surface area contributed by atoms with Gasteiger partial charge in [-0.2, -0.15) is 0 Å². The maximum absolute atomic E-state index is 12.3. The van der Waals surface area contributed by atoms with Crippen LogP contribution >= 0.6 is 0 Å². The van der Waals surface area contributed by atoms with E-state index in [0.717, 1.165) is 0 Å². The Morgan fingerprint density at radius 1 is 0.952 bits per heavy atom. The van der Waals surface area contributed by atoms with E-state index in [1.807, 2.05) is 0 Å². The SMILES string of the molecule is O=c1oc2ccccc2nc1CS(=O)(=O)c1ccccc1. The Kier molecular flexibility index (Phi) is 3.31. The summed E-state index contributed by atoms with van der Waals surface area (Å²) in [6.07, 6.45) is 0. The van der Waals surface area contributed by atoms with Crippen LogP contribution in [0, 0.1) is 0 Å². The summed E-state index contributed by atoms with van der Waals surface area (Å²) in [6.45, 7) is 0. The van der Waals surface area contributed by atoms with Gasteiger partial charge in [0.25, 0.3) is 0 Å². The molecule has 1 aromatic heterocycles. The van der Waals surface area contributed by atoms with Crippen LogP contribution in [0.3, 0.4) is 0 Å². The zero-order valence-electron chi connectivity index (χ0n) is 10.9. The Morgan fingerprint density at radius 2 is 1.62 bits per heavy atom. The molecule has 3 rings (SSSR count). The summed E-state index contributed by atoms with van der Waals surface area (Å²) in [5.74, 6) is -0.482. The fourth-order valence-corrected chi connectivity index (χ4v) is 3.25. The smallest absolute Gasteiger partial charge is 0.359 e. The molecule has 2 aromatic carbocycles. The van der Waals surface area contributed by atoms with E-state index in [0.29, 0.717) is 11.1 Å². The second kappa shape index (κ2) is 5.14. The molecule has 0 amide bonds. The number of hydrogen-bond acceptors (Lipinski definition) is 5. The predicted octanol–water partition coefficient (Wildman–Crippen LogP) is 2.16. The summed E-state index contributed by atoms with van der Waals surface area (Å²) in [7, 11) is -3.63. The lowest BCUT2D eigenvalue weighted by Crippen LogP contribution is -2.16. The van der Waals surface area contributed by atoms with Gasteiger partial charge >= 0.3 is 5.63 Å². The van der Waals surface area contributed by atoms with Crippen LogP contribution in [0.2, 0.25) is 0 Å². The molecule has 0 saturated heterocycles. The predicted molar refractivity (Wildman–Crippen MR) is 77.6 cm³/mol. The minimum absolute atomic E-state index is 0.113. The van der Waals surface area contributed by atoms with Crippen molar-refractivity contribution in [3.63, 3.8) is 0 Å². The van der Waals surface area contributed by atoms with Gasteiger partial charge in [0.15, 0.2) is 15.4 Å². The van der Waals surface area contributed by atoms with Gasteiger partial charge in [0.1, 0.15) is 17.0 Å². The first-order valence-electron chi connectivity index (χ1n) is 6.23. The van der Waals surface area contributed by atoms with E-state index in [1.54, 1.807) is 42.5 Å². The van der Waals surface area contributed by atoms with E-state index in [1.165, 1.54) is 12.1 Å². The van der Waals surface area contributed by atoms with Crippen LogP contribution in [-0.2, 0) is 15.6 Å². The molecule has 0 aliphatic carbocycles. The number of para-hydroxylation sites is 2. The number of fused-ring (bicyclic) bond motifs is 1. The summed E-state index contributed by atoms with van der Waals surface area (Å²) < 4.78 is 29.6. The summed E-state index contributed by atoms with van der Waals surface area (Å²) in [6, 6.07) is 14.7. The van der Waals surface area contributed by atoms with E-state index >= 15 is 0 Å². The molecule has 6 heteroatoms. The number of rotatable bonds is 3. The Morgan fingerprint density at radius 3 is 2.38 bits per heavy atom. The monoisotopic (exact) mass is 301 g/mol. The van der Waals surface area contributed by atoms with Gasteiger partial charge in [-0.1, -0.05) is 30.3 Å². The zero-order valence-corrected chi connectivity index (χ0v) is 11.7. The molecule has 0 unspecified atom stereocenters. The lowest BCUT2D eigenvalue weighted by Gasteiger charge is -2.04. The Labute approximate surface area is 120 Å². The number of nitrogens with zero attached hydrogens (tertiary/aromatic N) is 1. The van der Waals surface area contributed by atoms with Gasteiger partial charge in [0, 0.05) is 0 Å². The number of hydrogen-bond donors (Lipinski definition) is 0. The highest BCUT2D eigenvalue weighted by molar-refractivity contribution is 7.90. The minimum atomic E-state index is -3.63. The van der Waals surface area contributed by atoms with Gasteiger partial charge in [-0.25, -0.2) is 18.2 Å². The molecule has 0 bridgehead atoms. The molecule has 0 fully saturated rings. The van der Waals surface area contributed by atoms with Gasteiger partial charge in [-0.15, -0.1) is 0 Å². The van der Waals surface area contributed by atoms with Gasteiger partial charge in [-0.3, -0.25) is 0 Å². The molecule has 0 radical (unpaired) electrons. The van der Waals surface area contributed by atoms with Crippen molar-refractivity contribution < 1.29 is 12.8 Å². The highest BCUT2D eigenvalue weighted by Crippen LogP contribution is 2.15. The highest BCUT2D eigenvalue weighted by Gasteiger charge is 2.19. The average Bonchev–Trinajstić information content (AvgIpc) is 2.49. The molecule has 0 atom stereocenters. The van der Waals surface area contributed by atoms with Crippen molar-refractivity contribution in [3.8, 4) is 0 Å². The summed E-state index contributed by atoms with van der Waals surface area (Å²) in [5.41, 5.74) is -0.0514. The van der Waals surface area contributed by atoms with E-state index in [9.17, 15) is 13.2 Å². The maximum atomic E-state index is 12.3. The van der Waals surface area contributed by atoms with Crippen molar-refractivity contribution >= 4 is 20.9 Å². The first kappa shape index (κ1) is 13.5. The summed E-state index contributed by atoms with van der Waals surface area (Å²) >= 11 is 0. The third-order valence-electron chi connectivity index (χ3n) is 2.99. The van der Waals surface area contributed by atoms with Crippen LogP contribution in [0.5, 0.6) is 0 Å². The van der Waals surface area contributed by atoms with E-state index in [-0.39, 0.29) is 10.6 Å². The number of benzene rings is 2. The molecular formula is C15H11NO4S. The molecule has 0 N–H and O–H groups in total. The first-order chi connectivity index (χ1) is 10.1. The Hall–Kier alpha value is -2.47. The van der Waals surface area contributed by atoms with Crippen molar-refractivity contribution in [2.45, 2.75) is 10.6 Å². The molecule has 0 spiro atoms. The van der Waals surface area contributed by atoms with Gasteiger partial charge < -0.3 is 4.42 Å². The highest BCUT2D eigenvalue weighted by atomic mass is 32.2. The Bertz CT molecular complexity index is 946. The number of sulfone groups is 1. The van der Waals surface area contributed by atoms with Gasteiger partial charge in [-0.05, 0) is 24.3 Å². The van der Waals surface area contributed by atoms with Crippen LogP contribution in [0.1, 0.15) is 5.69 Å². The van der Waals surface area contributed by atoms with E-state index in [4.69, 9.17) is 4.42 Å². The number of aromatic nitrogens is 1. The van der Waals surface area contributed by atoms with Gasteiger partial charge in [0.2, 0.25) is 0 Å². The topological polar surface area (TPSA) is 77.2 Å². The molecule has 0 aliphatic heterocycles. The second-order valence-electron chi connectivity index (χ2n) is 4.49. The third-order valence-corrected chi connectivity index (χ3v) is 4.63. The zero-order chi connectivity index (χ0) is 14.9. The first-order valence-corrected chi connectivity index (χ1v) is 7.88. The second-order valence-corrected chi connectivity index (χ2v) is 6.48. The average molecular weight is 301 g/mol. The standard InChI is InChI=1S/C15H11NO4S/c17-15-13(16-12-8-4-5-9-14(12)20-15)10-21(18,19)11-6-2-1-3-7-11/h1-9H,10H2. The molecule has 21 heavy (non-hydrogen) atoms. The lowest BCUT2D eigenvalue weighted by atomic mass is 10.3. The van der Waals surface area contributed by atoms with Crippen molar-refractivity contribution in [2.24, 2.45) is 0 Å². The molecule has 5 nitrogen and oxygen atoms in total. The maximum Gasteiger partial charge on any atom is 0.359 e. The summed E-state index contributed by atoms with van der Waals surface area (Å²) in [5, 5.41) is 0. The quantitative estimate of drug-likeness (QED) is 0.741. The molecule has 1 heterocycles. The Balaban J connectivity index is 2.06. The van der Waals surface area contributed by atoms with Crippen molar-refractivity contribution in [1.82, 2.24) is 4.98 Å². The van der Waals surface area contributed by atoms with Crippen LogP contribution in [-0.4, -0.2) is 13.4 Å². The van der Waals surface area contributed by atoms with Crippen LogP contribution in [0.15, 0.2) is 68.7 Å². The molecule has 0 aliphatic rings. The van der Waals surface area contributed by atoms with Crippen LogP contribution in [0.4, 0.5) is 0 Å². The molecule has 3 aromatic rings. The molecule has 0 saturated carbocycles. The van der Waals surface area contributed by atoms with Crippen molar-refractivity contribution in [3.05, 3.63) is 70.7 Å². The lowest BCUT2D eigenvalue weighted by molar-refractivity contribution is 0.542. The normalized spacial score (nSPS) is 11.6.